The van der Waals surface area contributed by atoms with Crippen LogP contribution in [0.25, 0.3) is 11.3 Å². The number of thioether (sulfide) groups is 1. The highest BCUT2D eigenvalue weighted by Gasteiger charge is 2.24. The van der Waals surface area contributed by atoms with Crippen molar-refractivity contribution in [2.45, 2.75) is 23.8 Å². The molecule has 3 aromatic rings. The molecule has 1 fully saturated rings. The van der Waals surface area contributed by atoms with Crippen LogP contribution in [0.4, 0.5) is 5.82 Å². The molecule has 4 rings (SSSR count). The molecule has 2 aromatic heterocycles. The predicted octanol–water partition coefficient (Wildman–Crippen LogP) is 3.97. The van der Waals surface area contributed by atoms with Gasteiger partial charge >= 0.3 is 0 Å². The molecule has 0 amide bonds. The molecule has 25 heavy (non-hydrogen) atoms. The van der Waals surface area contributed by atoms with Gasteiger partial charge < -0.3 is 9.88 Å². The maximum atomic E-state index is 4.65. The van der Waals surface area contributed by atoms with Gasteiger partial charge in [0.1, 0.15) is 10.9 Å². The van der Waals surface area contributed by atoms with E-state index in [0.717, 1.165) is 48.3 Å². The van der Waals surface area contributed by atoms with Crippen LogP contribution in [0.1, 0.15) is 24.6 Å². The molecule has 5 nitrogen and oxygen atoms in total. The van der Waals surface area contributed by atoms with E-state index in [9.17, 15) is 0 Å². The molecule has 0 spiro atoms. The first-order chi connectivity index (χ1) is 12.3. The second-order valence-corrected chi connectivity index (χ2v) is 7.09. The largest absolute Gasteiger partial charge is 0.354 e. The number of hydrogen-bond donors (Lipinski definition) is 1. The first kappa shape index (κ1) is 16.1. The van der Waals surface area contributed by atoms with Gasteiger partial charge in [0.05, 0.1) is 11.9 Å². The highest BCUT2D eigenvalue weighted by atomic mass is 32.2. The first-order valence-corrected chi connectivity index (χ1v) is 9.79. The van der Waals surface area contributed by atoms with Gasteiger partial charge in [-0.3, -0.25) is 0 Å². The Hall–Kier alpha value is -2.34. The zero-order chi connectivity index (χ0) is 17.1. The Balaban J connectivity index is 1.50. The quantitative estimate of drug-likeness (QED) is 0.721. The lowest BCUT2D eigenvalue weighted by Crippen LogP contribution is -2.35. The molecule has 1 N–H and O–H groups in total. The smallest absolute Gasteiger partial charge is 0.151 e. The Morgan fingerprint density at radius 1 is 1.12 bits per heavy atom. The van der Waals surface area contributed by atoms with Gasteiger partial charge in [0.15, 0.2) is 5.82 Å². The van der Waals surface area contributed by atoms with Crippen molar-refractivity contribution in [3.63, 3.8) is 0 Å². The number of nitrogens with one attached hydrogen (secondary N) is 1. The molecule has 1 saturated heterocycles. The summed E-state index contributed by atoms with van der Waals surface area (Å²) >= 11 is 1.62. The normalized spacial score (nSPS) is 17.6. The zero-order valence-electron chi connectivity index (χ0n) is 14.2. The summed E-state index contributed by atoms with van der Waals surface area (Å²) in [7, 11) is 0. The van der Waals surface area contributed by atoms with Gasteiger partial charge in [0.2, 0.25) is 0 Å². The van der Waals surface area contributed by atoms with E-state index in [0.29, 0.717) is 5.92 Å². The van der Waals surface area contributed by atoms with Crippen LogP contribution in [0.15, 0.2) is 53.7 Å². The molecule has 6 heteroatoms. The van der Waals surface area contributed by atoms with Gasteiger partial charge in [0, 0.05) is 19.0 Å². The fourth-order valence-electron chi connectivity index (χ4n) is 3.31. The van der Waals surface area contributed by atoms with Crippen LogP contribution in [0, 0.1) is 0 Å². The van der Waals surface area contributed by atoms with Gasteiger partial charge in [-0.1, -0.05) is 30.3 Å². The SMILES string of the molecule is CSc1ccc(N2CCCC(c3ncc(-c4ccccc4)[nH]3)C2)nn1. The van der Waals surface area contributed by atoms with Crippen molar-refractivity contribution >= 4 is 17.6 Å². The number of imidazole rings is 1. The summed E-state index contributed by atoms with van der Waals surface area (Å²) in [5.74, 6) is 2.42. The molecule has 1 unspecified atom stereocenters. The Kier molecular flexibility index (Phi) is 4.70. The summed E-state index contributed by atoms with van der Waals surface area (Å²) < 4.78 is 0. The lowest BCUT2D eigenvalue weighted by molar-refractivity contribution is 0.490. The average Bonchev–Trinajstić information content (AvgIpc) is 3.19. The molecule has 0 radical (unpaired) electrons. The maximum Gasteiger partial charge on any atom is 0.151 e. The number of aromatic nitrogens is 4. The van der Waals surface area contributed by atoms with Crippen LogP contribution < -0.4 is 4.90 Å². The van der Waals surface area contributed by atoms with E-state index < -0.39 is 0 Å². The second kappa shape index (κ2) is 7.27. The number of rotatable bonds is 4. The predicted molar refractivity (Wildman–Crippen MR) is 102 cm³/mol. The summed E-state index contributed by atoms with van der Waals surface area (Å²) in [6, 6.07) is 14.4. The third kappa shape index (κ3) is 3.54. The van der Waals surface area contributed by atoms with Crippen LogP contribution in [-0.2, 0) is 0 Å². The van der Waals surface area contributed by atoms with Gasteiger partial charge in [-0.2, -0.15) is 0 Å². The Labute approximate surface area is 151 Å². The lowest BCUT2D eigenvalue weighted by atomic mass is 9.97. The molecule has 0 aliphatic carbocycles. The molecule has 128 valence electrons. The monoisotopic (exact) mass is 351 g/mol. The van der Waals surface area contributed by atoms with Crippen LogP contribution >= 0.6 is 11.8 Å². The number of H-pyrrole nitrogens is 1. The number of hydrogen-bond acceptors (Lipinski definition) is 5. The molecule has 3 heterocycles. The van der Waals surface area contributed by atoms with Crippen molar-refractivity contribution in [3.05, 3.63) is 54.5 Å². The summed E-state index contributed by atoms with van der Waals surface area (Å²) in [6.07, 6.45) is 6.24. The number of aromatic amines is 1. The standard InChI is InChI=1S/C19H21N5S/c1-25-18-10-9-17(22-23-18)24-11-5-8-15(13-24)19-20-12-16(21-19)14-6-3-2-4-7-14/h2-4,6-7,9-10,12,15H,5,8,11,13H2,1H3,(H,20,21). The molecule has 1 atom stereocenters. The lowest BCUT2D eigenvalue weighted by Gasteiger charge is -2.32. The summed E-state index contributed by atoms with van der Waals surface area (Å²) in [5.41, 5.74) is 2.25. The Morgan fingerprint density at radius 3 is 2.76 bits per heavy atom. The van der Waals surface area contributed by atoms with E-state index in [-0.39, 0.29) is 0 Å². The number of anilines is 1. The van der Waals surface area contributed by atoms with Crippen molar-refractivity contribution in [3.8, 4) is 11.3 Å². The van der Waals surface area contributed by atoms with E-state index in [1.807, 2.05) is 24.6 Å². The molecule has 0 saturated carbocycles. The first-order valence-electron chi connectivity index (χ1n) is 8.56. The van der Waals surface area contributed by atoms with Crippen LogP contribution in [0.2, 0.25) is 0 Å². The number of piperidine rings is 1. The Morgan fingerprint density at radius 2 is 2.00 bits per heavy atom. The Bertz CT molecular complexity index is 815. The van der Waals surface area contributed by atoms with Gasteiger partial charge in [0.25, 0.3) is 0 Å². The van der Waals surface area contributed by atoms with E-state index in [1.54, 1.807) is 11.8 Å². The summed E-state index contributed by atoms with van der Waals surface area (Å²) in [4.78, 5) is 10.5. The highest BCUT2D eigenvalue weighted by molar-refractivity contribution is 7.98. The van der Waals surface area contributed by atoms with Crippen LogP contribution in [0.5, 0.6) is 0 Å². The molecular weight excluding hydrogens is 330 g/mol. The number of nitrogens with zero attached hydrogens (tertiary/aromatic N) is 4. The third-order valence-electron chi connectivity index (χ3n) is 4.65. The fourth-order valence-corrected chi connectivity index (χ4v) is 3.63. The van der Waals surface area contributed by atoms with Crippen molar-refractivity contribution < 1.29 is 0 Å². The van der Waals surface area contributed by atoms with E-state index >= 15 is 0 Å². The molecule has 1 aliphatic heterocycles. The minimum Gasteiger partial charge on any atom is -0.354 e. The number of benzene rings is 1. The topological polar surface area (TPSA) is 57.7 Å². The minimum atomic E-state index is 0.397. The van der Waals surface area contributed by atoms with Crippen molar-refractivity contribution in [1.82, 2.24) is 20.2 Å². The molecule has 1 aliphatic rings. The summed E-state index contributed by atoms with van der Waals surface area (Å²) in [5, 5.41) is 9.59. The minimum absolute atomic E-state index is 0.397. The van der Waals surface area contributed by atoms with Gasteiger partial charge in [-0.15, -0.1) is 22.0 Å². The van der Waals surface area contributed by atoms with Crippen molar-refractivity contribution in [1.29, 1.82) is 0 Å². The van der Waals surface area contributed by atoms with E-state index in [2.05, 4.69) is 55.4 Å². The van der Waals surface area contributed by atoms with Crippen LogP contribution in [0.3, 0.4) is 0 Å². The molecule has 0 bridgehead atoms. The van der Waals surface area contributed by atoms with Gasteiger partial charge in [-0.25, -0.2) is 4.98 Å². The zero-order valence-corrected chi connectivity index (χ0v) is 15.0. The second-order valence-electron chi connectivity index (χ2n) is 6.27. The summed E-state index contributed by atoms with van der Waals surface area (Å²) in [6.45, 7) is 1.95. The van der Waals surface area contributed by atoms with E-state index in [1.165, 1.54) is 5.56 Å². The van der Waals surface area contributed by atoms with Crippen molar-refractivity contribution in [2.75, 3.05) is 24.2 Å². The van der Waals surface area contributed by atoms with E-state index in [4.69, 9.17) is 0 Å². The fraction of sp³-hybridized carbons (Fsp3) is 0.316. The van der Waals surface area contributed by atoms with Crippen LogP contribution in [-0.4, -0.2) is 39.5 Å². The molecule has 1 aromatic carbocycles. The van der Waals surface area contributed by atoms with Gasteiger partial charge in [-0.05, 0) is 36.8 Å². The average molecular weight is 351 g/mol. The maximum absolute atomic E-state index is 4.65. The van der Waals surface area contributed by atoms with Crippen molar-refractivity contribution in [2.24, 2.45) is 0 Å². The molecular formula is C19H21N5S. The highest BCUT2D eigenvalue weighted by Crippen LogP contribution is 2.29. The third-order valence-corrected chi connectivity index (χ3v) is 5.28.